The van der Waals surface area contributed by atoms with E-state index < -0.39 is 0 Å². The van der Waals surface area contributed by atoms with Crippen LogP contribution >= 0.6 is 0 Å². The minimum atomic E-state index is -0.149. The molecule has 1 fully saturated rings. The molecule has 3 nitrogen and oxygen atoms in total. The molecule has 0 heterocycles. The number of nitrogens with one attached hydrogen (secondary N) is 1. The van der Waals surface area contributed by atoms with Gasteiger partial charge in [0.1, 0.15) is 0 Å². The third-order valence-electron chi connectivity index (χ3n) is 4.80. The normalized spacial score (nSPS) is 18.7. The van der Waals surface area contributed by atoms with E-state index in [9.17, 15) is 4.79 Å². The summed E-state index contributed by atoms with van der Waals surface area (Å²) in [6, 6.07) is 8.80. The Balaban J connectivity index is 2.00. The number of carbonyl (C=O) groups excluding carboxylic acids is 1. The molecule has 1 unspecified atom stereocenters. The van der Waals surface area contributed by atoms with Crippen molar-refractivity contribution in [1.29, 1.82) is 0 Å². The molecule has 0 saturated heterocycles. The number of hydrogen-bond donors (Lipinski definition) is 1. The van der Waals surface area contributed by atoms with Gasteiger partial charge in [0, 0.05) is 12.0 Å². The van der Waals surface area contributed by atoms with Crippen molar-refractivity contribution >= 4 is 5.91 Å². The van der Waals surface area contributed by atoms with Crippen molar-refractivity contribution in [2.24, 2.45) is 5.41 Å². The lowest BCUT2D eigenvalue weighted by atomic mass is 9.87. The molecule has 0 spiro atoms. The highest BCUT2D eigenvalue weighted by Crippen LogP contribution is 2.37. The summed E-state index contributed by atoms with van der Waals surface area (Å²) in [7, 11) is 4.13. The van der Waals surface area contributed by atoms with Crippen molar-refractivity contribution < 1.29 is 4.79 Å². The first kappa shape index (κ1) is 16.0. The molecule has 1 aliphatic rings. The first-order chi connectivity index (χ1) is 9.92. The zero-order valence-corrected chi connectivity index (χ0v) is 13.8. The molecule has 116 valence electrons. The van der Waals surface area contributed by atoms with Crippen molar-refractivity contribution in [3.05, 3.63) is 35.4 Å². The van der Waals surface area contributed by atoms with E-state index in [4.69, 9.17) is 0 Å². The van der Waals surface area contributed by atoms with Gasteiger partial charge in [-0.15, -0.1) is 0 Å². The summed E-state index contributed by atoms with van der Waals surface area (Å²) in [6.45, 7) is 4.87. The van der Waals surface area contributed by atoms with Gasteiger partial charge in [-0.25, -0.2) is 0 Å². The minimum absolute atomic E-state index is 0.149. The van der Waals surface area contributed by atoms with E-state index in [0.29, 0.717) is 6.54 Å². The van der Waals surface area contributed by atoms with Gasteiger partial charge in [0.2, 0.25) is 5.91 Å². The molecular formula is C18H28N2O. The Morgan fingerprint density at radius 3 is 2.33 bits per heavy atom. The number of likely N-dealkylation sites (N-methyl/N-ethyl adjacent to an activating group) is 1. The molecule has 21 heavy (non-hydrogen) atoms. The third-order valence-corrected chi connectivity index (χ3v) is 4.80. The Morgan fingerprint density at radius 1 is 1.24 bits per heavy atom. The first-order valence-corrected chi connectivity index (χ1v) is 7.94. The summed E-state index contributed by atoms with van der Waals surface area (Å²) >= 11 is 0. The molecule has 1 atom stereocenters. The molecule has 1 aromatic rings. The minimum Gasteiger partial charge on any atom is -0.354 e. The smallest absolute Gasteiger partial charge is 0.226 e. The molecule has 1 aliphatic carbocycles. The van der Waals surface area contributed by atoms with Crippen molar-refractivity contribution in [1.82, 2.24) is 10.2 Å². The van der Waals surface area contributed by atoms with E-state index in [2.05, 4.69) is 62.4 Å². The highest BCUT2D eigenvalue weighted by atomic mass is 16.2. The van der Waals surface area contributed by atoms with Gasteiger partial charge >= 0.3 is 0 Å². The number of hydrogen-bond acceptors (Lipinski definition) is 2. The van der Waals surface area contributed by atoms with Gasteiger partial charge in [-0.3, -0.25) is 4.79 Å². The number of aryl methyl sites for hydroxylation is 1. The average Bonchev–Trinajstić information content (AvgIpc) is 2.88. The maximum absolute atomic E-state index is 12.4. The topological polar surface area (TPSA) is 32.3 Å². The highest BCUT2D eigenvalue weighted by Gasteiger charge is 2.36. The molecule has 0 radical (unpaired) electrons. The molecule has 2 rings (SSSR count). The van der Waals surface area contributed by atoms with Crippen LogP contribution in [0.5, 0.6) is 0 Å². The van der Waals surface area contributed by atoms with E-state index in [-0.39, 0.29) is 17.4 Å². The summed E-state index contributed by atoms with van der Waals surface area (Å²) in [4.78, 5) is 14.6. The SMILES string of the molecule is Cc1ccc(C(CNC(=O)C2(C)CCCC2)N(C)C)cc1. The maximum atomic E-state index is 12.4. The fourth-order valence-corrected chi connectivity index (χ4v) is 3.17. The zero-order valence-electron chi connectivity index (χ0n) is 13.8. The lowest BCUT2D eigenvalue weighted by Crippen LogP contribution is -2.41. The fourth-order valence-electron chi connectivity index (χ4n) is 3.17. The Labute approximate surface area is 128 Å². The van der Waals surface area contributed by atoms with Crippen molar-refractivity contribution in [3.63, 3.8) is 0 Å². The van der Waals surface area contributed by atoms with Crippen LogP contribution in [0.1, 0.15) is 49.8 Å². The van der Waals surface area contributed by atoms with Gasteiger partial charge < -0.3 is 10.2 Å². The highest BCUT2D eigenvalue weighted by molar-refractivity contribution is 5.82. The Kier molecular flexibility index (Phi) is 5.04. The number of amides is 1. The van der Waals surface area contributed by atoms with Crippen molar-refractivity contribution in [2.75, 3.05) is 20.6 Å². The van der Waals surface area contributed by atoms with E-state index in [1.807, 2.05) is 0 Å². The van der Waals surface area contributed by atoms with Crippen LogP contribution in [-0.2, 0) is 4.79 Å². The quantitative estimate of drug-likeness (QED) is 0.901. The van der Waals surface area contributed by atoms with E-state index >= 15 is 0 Å². The predicted octanol–water partition coefficient (Wildman–Crippen LogP) is 3.29. The second-order valence-electron chi connectivity index (χ2n) is 6.87. The van der Waals surface area contributed by atoms with Crippen LogP contribution in [-0.4, -0.2) is 31.4 Å². The van der Waals surface area contributed by atoms with Crippen molar-refractivity contribution in [3.8, 4) is 0 Å². The molecule has 1 N–H and O–H groups in total. The second-order valence-corrected chi connectivity index (χ2v) is 6.87. The van der Waals surface area contributed by atoms with E-state index in [1.165, 1.54) is 24.0 Å². The number of carbonyl (C=O) groups is 1. The molecule has 1 amide bonds. The molecular weight excluding hydrogens is 260 g/mol. The van der Waals surface area contributed by atoms with Crippen LogP contribution in [0.15, 0.2) is 24.3 Å². The van der Waals surface area contributed by atoms with E-state index in [1.54, 1.807) is 0 Å². The van der Waals surface area contributed by atoms with Gasteiger partial charge in [-0.2, -0.15) is 0 Å². The molecule has 0 aliphatic heterocycles. The predicted molar refractivity (Wildman–Crippen MR) is 87.2 cm³/mol. The van der Waals surface area contributed by atoms with Crippen LogP contribution in [0.4, 0.5) is 0 Å². The van der Waals surface area contributed by atoms with Crippen LogP contribution in [0.2, 0.25) is 0 Å². The monoisotopic (exact) mass is 288 g/mol. The standard InChI is InChI=1S/C18H28N2O/c1-14-7-9-15(10-8-14)16(20(3)4)13-19-17(21)18(2)11-5-6-12-18/h7-10,16H,5-6,11-13H2,1-4H3,(H,19,21). The lowest BCUT2D eigenvalue weighted by Gasteiger charge is -2.28. The van der Waals surface area contributed by atoms with Crippen LogP contribution < -0.4 is 5.32 Å². The summed E-state index contributed by atoms with van der Waals surface area (Å²) < 4.78 is 0. The molecule has 0 bridgehead atoms. The number of benzene rings is 1. The van der Waals surface area contributed by atoms with Crippen LogP contribution in [0, 0.1) is 12.3 Å². The summed E-state index contributed by atoms with van der Waals surface area (Å²) in [5.74, 6) is 0.221. The largest absolute Gasteiger partial charge is 0.354 e. The lowest BCUT2D eigenvalue weighted by molar-refractivity contribution is -0.130. The zero-order chi connectivity index (χ0) is 15.5. The van der Waals surface area contributed by atoms with Crippen LogP contribution in [0.3, 0.4) is 0 Å². The van der Waals surface area contributed by atoms with Gasteiger partial charge in [0.05, 0.1) is 6.04 Å². The summed E-state index contributed by atoms with van der Waals surface area (Å²) in [5, 5.41) is 3.18. The molecule has 1 aromatic carbocycles. The van der Waals surface area contributed by atoms with Crippen LogP contribution in [0.25, 0.3) is 0 Å². The van der Waals surface area contributed by atoms with Gasteiger partial charge in [-0.1, -0.05) is 49.6 Å². The van der Waals surface area contributed by atoms with Crippen molar-refractivity contribution in [2.45, 2.75) is 45.6 Å². The molecule has 1 saturated carbocycles. The second kappa shape index (κ2) is 6.61. The molecule has 3 heteroatoms. The number of nitrogens with zero attached hydrogens (tertiary/aromatic N) is 1. The Hall–Kier alpha value is -1.35. The van der Waals surface area contributed by atoms with Gasteiger partial charge in [-0.05, 0) is 39.4 Å². The average molecular weight is 288 g/mol. The summed E-state index contributed by atoms with van der Waals surface area (Å²) in [5.41, 5.74) is 2.37. The number of rotatable bonds is 5. The summed E-state index contributed by atoms with van der Waals surface area (Å²) in [6.07, 6.45) is 4.41. The van der Waals surface area contributed by atoms with E-state index in [0.717, 1.165) is 12.8 Å². The van der Waals surface area contributed by atoms with Gasteiger partial charge in [0.15, 0.2) is 0 Å². The Bertz CT molecular complexity index is 472. The first-order valence-electron chi connectivity index (χ1n) is 7.94. The van der Waals surface area contributed by atoms with Gasteiger partial charge in [0.25, 0.3) is 0 Å². The molecule has 0 aromatic heterocycles. The fraction of sp³-hybridized carbons (Fsp3) is 0.611. The Morgan fingerprint density at radius 2 is 1.81 bits per heavy atom. The maximum Gasteiger partial charge on any atom is 0.226 e. The third kappa shape index (κ3) is 3.85.